The fourth-order valence-electron chi connectivity index (χ4n) is 2.50. The van der Waals surface area contributed by atoms with E-state index < -0.39 is 0 Å². The monoisotopic (exact) mass is 264 g/mol. The van der Waals surface area contributed by atoms with Crippen LogP contribution in [-0.4, -0.2) is 40.2 Å². The van der Waals surface area contributed by atoms with E-state index in [0.717, 1.165) is 25.1 Å². The third-order valence-corrected chi connectivity index (χ3v) is 3.90. The van der Waals surface area contributed by atoms with Crippen molar-refractivity contribution < 1.29 is 9.90 Å². The Bertz CT molecular complexity index is 410. The number of aliphatic hydroxyl groups is 1. The van der Waals surface area contributed by atoms with E-state index in [1.165, 1.54) is 19.3 Å². The van der Waals surface area contributed by atoms with E-state index >= 15 is 0 Å². The molecule has 0 radical (unpaired) electrons. The number of aliphatic hydroxyl groups excluding tert-OH is 1. The largest absolute Gasteiger partial charge is 0.395 e. The first kappa shape index (κ1) is 14.1. The maximum atomic E-state index is 12.6. The van der Waals surface area contributed by atoms with Gasteiger partial charge in [-0.2, -0.15) is 0 Å². The topological polar surface area (TPSA) is 45.5 Å². The highest BCUT2D eigenvalue weighted by atomic mass is 16.3. The lowest BCUT2D eigenvalue weighted by Gasteiger charge is -2.30. The minimum absolute atomic E-state index is 0.0274. The summed E-state index contributed by atoms with van der Waals surface area (Å²) in [7, 11) is 0. The Morgan fingerprint density at radius 2 is 2.26 bits per heavy atom. The number of hydrogen-bond donors (Lipinski definition) is 1. The molecule has 0 unspecified atom stereocenters. The fraction of sp³-hybridized carbons (Fsp3) is 0.667. The summed E-state index contributed by atoms with van der Waals surface area (Å²) in [6.45, 7) is 3.29. The van der Waals surface area contributed by atoms with Gasteiger partial charge in [0, 0.05) is 25.3 Å². The zero-order valence-electron chi connectivity index (χ0n) is 11.7. The minimum atomic E-state index is 0.0274. The maximum absolute atomic E-state index is 12.6. The Morgan fingerprint density at radius 1 is 1.47 bits per heavy atom. The van der Waals surface area contributed by atoms with Crippen LogP contribution in [0.3, 0.4) is 0 Å². The Labute approximate surface area is 115 Å². The second-order valence-electron chi connectivity index (χ2n) is 5.25. The molecule has 4 nitrogen and oxygen atoms in total. The van der Waals surface area contributed by atoms with Gasteiger partial charge in [-0.3, -0.25) is 4.79 Å². The van der Waals surface area contributed by atoms with Crippen LogP contribution in [0.1, 0.15) is 55.6 Å². The van der Waals surface area contributed by atoms with Crippen molar-refractivity contribution in [1.29, 1.82) is 0 Å². The number of rotatable bonds is 7. The number of carbonyl (C=O) groups is 1. The van der Waals surface area contributed by atoms with Crippen molar-refractivity contribution in [2.45, 2.75) is 45.1 Å². The van der Waals surface area contributed by atoms with Crippen molar-refractivity contribution in [3.05, 3.63) is 24.0 Å². The lowest BCUT2D eigenvalue weighted by Crippen LogP contribution is -2.36. The number of amides is 1. The molecule has 1 fully saturated rings. The second-order valence-corrected chi connectivity index (χ2v) is 5.25. The lowest BCUT2D eigenvalue weighted by atomic mass is 9.93. The average Bonchev–Trinajstić information content (AvgIpc) is 2.80. The molecule has 19 heavy (non-hydrogen) atoms. The van der Waals surface area contributed by atoms with Crippen molar-refractivity contribution in [3.8, 4) is 0 Å². The summed E-state index contributed by atoms with van der Waals surface area (Å²) >= 11 is 0. The van der Waals surface area contributed by atoms with E-state index in [1.54, 1.807) is 4.90 Å². The highest BCUT2D eigenvalue weighted by Crippen LogP contribution is 2.33. The predicted octanol–water partition coefficient (Wildman–Crippen LogP) is 2.45. The van der Waals surface area contributed by atoms with Crippen molar-refractivity contribution in [2.24, 2.45) is 0 Å². The first-order valence-electron chi connectivity index (χ1n) is 7.35. The number of hydrogen-bond acceptors (Lipinski definition) is 2. The molecule has 1 aliphatic rings. The van der Waals surface area contributed by atoms with Gasteiger partial charge in [0.15, 0.2) is 0 Å². The summed E-state index contributed by atoms with van der Waals surface area (Å²) < 4.78 is 2.11. The molecular weight excluding hydrogens is 240 g/mol. The van der Waals surface area contributed by atoms with Crippen LogP contribution in [0, 0.1) is 0 Å². The molecule has 1 aliphatic carbocycles. The Hall–Kier alpha value is -1.29. The number of unbranched alkanes of at least 4 members (excludes halogenated alkanes) is 1. The Morgan fingerprint density at radius 3 is 2.84 bits per heavy atom. The van der Waals surface area contributed by atoms with E-state index in [2.05, 4.69) is 11.5 Å². The quantitative estimate of drug-likeness (QED) is 0.822. The molecule has 1 aromatic rings. The van der Waals surface area contributed by atoms with E-state index in [4.69, 9.17) is 5.11 Å². The van der Waals surface area contributed by atoms with Gasteiger partial charge in [0.05, 0.1) is 6.61 Å². The van der Waals surface area contributed by atoms with Crippen LogP contribution in [0.25, 0.3) is 0 Å². The molecule has 2 rings (SSSR count). The SMILES string of the molecule is CCCCN(CCO)C(=O)c1cccn1C1CCC1. The molecule has 0 atom stereocenters. The van der Waals surface area contributed by atoms with Crippen LogP contribution in [0.4, 0.5) is 0 Å². The van der Waals surface area contributed by atoms with Crippen LogP contribution in [-0.2, 0) is 0 Å². The van der Waals surface area contributed by atoms with Crippen LogP contribution in [0.15, 0.2) is 18.3 Å². The molecule has 1 aromatic heterocycles. The molecule has 1 saturated carbocycles. The smallest absolute Gasteiger partial charge is 0.270 e. The van der Waals surface area contributed by atoms with Crippen molar-refractivity contribution in [1.82, 2.24) is 9.47 Å². The molecule has 1 heterocycles. The van der Waals surface area contributed by atoms with Gasteiger partial charge >= 0.3 is 0 Å². The normalized spacial score (nSPS) is 15.3. The fourth-order valence-corrected chi connectivity index (χ4v) is 2.50. The maximum Gasteiger partial charge on any atom is 0.270 e. The summed E-state index contributed by atoms with van der Waals surface area (Å²) in [6, 6.07) is 4.34. The van der Waals surface area contributed by atoms with Gasteiger partial charge < -0.3 is 14.6 Å². The van der Waals surface area contributed by atoms with E-state index in [9.17, 15) is 4.79 Å². The zero-order chi connectivity index (χ0) is 13.7. The molecule has 0 aliphatic heterocycles. The summed E-state index contributed by atoms with van der Waals surface area (Å²) in [5.74, 6) is 0.0550. The van der Waals surface area contributed by atoms with Crippen LogP contribution >= 0.6 is 0 Å². The molecule has 4 heteroatoms. The Kier molecular flexibility index (Phi) is 5.02. The van der Waals surface area contributed by atoms with Crippen LogP contribution in [0.5, 0.6) is 0 Å². The van der Waals surface area contributed by atoms with E-state index in [1.807, 2.05) is 18.3 Å². The average molecular weight is 264 g/mol. The summed E-state index contributed by atoms with van der Waals surface area (Å²) in [6.07, 6.45) is 7.64. The molecule has 0 saturated heterocycles. The van der Waals surface area contributed by atoms with Gasteiger partial charge in [-0.05, 0) is 37.8 Å². The molecule has 106 valence electrons. The third kappa shape index (κ3) is 3.18. The van der Waals surface area contributed by atoms with Gasteiger partial charge in [-0.1, -0.05) is 13.3 Å². The number of aromatic nitrogens is 1. The molecule has 0 spiro atoms. The second kappa shape index (κ2) is 6.75. The standard InChI is InChI=1S/C15H24N2O2/c1-2-3-9-16(11-12-18)15(19)14-8-5-10-17(14)13-6-4-7-13/h5,8,10,13,18H,2-4,6-7,9,11-12H2,1H3. The molecular formula is C15H24N2O2. The molecule has 0 aromatic carbocycles. The van der Waals surface area contributed by atoms with Crippen LogP contribution < -0.4 is 0 Å². The van der Waals surface area contributed by atoms with Crippen molar-refractivity contribution in [3.63, 3.8) is 0 Å². The summed E-state index contributed by atoms with van der Waals surface area (Å²) in [5.41, 5.74) is 0.772. The predicted molar refractivity (Wildman–Crippen MR) is 75.2 cm³/mol. The van der Waals surface area contributed by atoms with Gasteiger partial charge in [0.2, 0.25) is 0 Å². The van der Waals surface area contributed by atoms with Crippen molar-refractivity contribution >= 4 is 5.91 Å². The number of nitrogens with zero attached hydrogens (tertiary/aromatic N) is 2. The number of carbonyl (C=O) groups excluding carboxylic acids is 1. The van der Waals surface area contributed by atoms with Gasteiger partial charge in [0.25, 0.3) is 5.91 Å². The highest BCUT2D eigenvalue weighted by Gasteiger charge is 2.25. The Balaban J connectivity index is 2.09. The molecule has 1 amide bonds. The van der Waals surface area contributed by atoms with Crippen molar-refractivity contribution in [2.75, 3.05) is 19.7 Å². The summed E-state index contributed by atoms with van der Waals surface area (Å²) in [5, 5.41) is 9.12. The zero-order valence-corrected chi connectivity index (χ0v) is 11.7. The van der Waals surface area contributed by atoms with E-state index in [0.29, 0.717) is 12.6 Å². The van der Waals surface area contributed by atoms with Gasteiger partial charge in [-0.25, -0.2) is 0 Å². The summed E-state index contributed by atoms with van der Waals surface area (Å²) in [4.78, 5) is 14.3. The van der Waals surface area contributed by atoms with Crippen LogP contribution in [0.2, 0.25) is 0 Å². The van der Waals surface area contributed by atoms with Gasteiger partial charge in [0.1, 0.15) is 5.69 Å². The highest BCUT2D eigenvalue weighted by molar-refractivity contribution is 5.92. The first-order valence-corrected chi connectivity index (χ1v) is 7.35. The minimum Gasteiger partial charge on any atom is -0.395 e. The third-order valence-electron chi connectivity index (χ3n) is 3.90. The molecule has 1 N–H and O–H groups in total. The lowest BCUT2D eigenvalue weighted by molar-refractivity contribution is 0.0702. The molecule has 0 bridgehead atoms. The first-order chi connectivity index (χ1) is 9.27. The van der Waals surface area contributed by atoms with E-state index in [-0.39, 0.29) is 12.5 Å². The van der Waals surface area contributed by atoms with Gasteiger partial charge in [-0.15, -0.1) is 0 Å².